The number of rotatable bonds is 0. The van der Waals surface area contributed by atoms with Crippen LogP contribution in [0.25, 0.3) is 0 Å². The van der Waals surface area contributed by atoms with Crippen molar-refractivity contribution in [3.8, 4) is 0 Å². The van der Waals surface area contributed by atoms with Gasteiger partial charge in [-0.2, -0.15) is 0 Å². The largest absolute Gasteiger partial charge is 1.00 e. The van der Waals surface area contributed by atoms with Crippen LogP contribution in [-0.2, 0) is 0 Å². The molecule has 1 aromatic carbocycles. The van der Waals surface area contributed by atoms with E-state index in [2.05, 4.69) is 22.6 Å². The normalized spacial score (nSPS) is 5.00. The van der Waals surface area contributed by atoms with E-state index < -0.39 is 0 Å². The first-order valence-electron chi connectivity index (χ1n) is 3.38. The molecule has 1 aromatic rings. The van der Waals surface area contributed by atoms with Crippen molar-refractivity contribution < 1.29 is 51.4 Å². The van der Waals surface area contributed by atoms with E-state index in [1.165, 1.54) is 0 Å². The van der Waals surface area contributed by atoms with Crippen molar-refractivity contribution in [1.29, 1.82) is 0 Å². The van der Waals surface area contributed by atoms with Gasteiger partial charge >= 0.3 is 51.4 Å². The Balaban J connectivity index is -0.0000000480. The van der Waals surface area contributed by atoms with Gasteiger partial charge in [-0.1, -0.05) is 72.8 Å². The maximum atomic E-state index is 2.15. The fourth-order valence-corrected chi connectivity index (χ4v) is 0.385. The Morgan fingerprint density at radius 2 is 0.750 bits per heavy atom. The summed E-state index contributed by atoms with van der Waals surface area (Å²) in [6.07, 6.45) is 0. The first-order chi connectivity index (χ1) is 5.00. The van der Waals surface area contributed by atoms with Crippen LogP contribution >= 0.6 is 22.6 Å². The predicted octanol–water partition coefficient (Wildman–Crippen LogP) is 1.22. The number of hydrogen-bond acceptors (Lipinski definition) is 0. The molecule has 0 heterocycles. The Morgan fingerprint density at radius 3 is 0.833 bits per heavy atom. The molecule has 0 saturated heterocycles. The van der Waals surface area contributed by atoms with E-state index in [0.717, 1.165) is 0 Å². The summed E-state index contributed by atoms with van der Waals surface area (Å²) >= 11 is 2.15. The number of halogens is 1. The van der Waals surface area contributed by atoms with Crippen LogP contribution in [0.4, 0.5) is 0 Å². The van der Waals surface area contributed by atoms with Crippen LogP contribution in [-0.4, -0.2) is 4.93 Å². The fraction of sp³-hybridized carbons (Fsp3) is 0.300. The van der Waals surface area contributed by atoms with Gasteiger partial charge in [-0.3, -0.25) is 0 Å². The monoisotopic (exact) mass is 304 g/mol. The smallest absolute Gasteiger partial charge is 0.358 e. The van der Waals surface area contributed by atoms with Gasteiger partial charge in [0.2, 0.25) is 0 Å². The van der Waals surface area contributed by atoms with Gasteiger partial charge in [-0.25, -0.2) is 0 Å². The van der Waals surface area contributed by atoms with E-state index in [1.807, 2.05) is 55.2 Å². The molecule has 0 unspecified atom stereocenters. The van der Waals surface area contributed by atoms with Crippen molar-refractivity contribution in [1.82, 2.24) is 0 Å². The number of alkyl halides is 1. The molecule has 0 nitrogen and oxygen atoms in total. The molecule has 0 aliphatic rings. The molecular formula is C10H18IK. The van der Waals surface area contributed by atoms with E-state index in [4.69, 9.17) is 0 Å². The molecule has 2 heteroatoms. The second-order valence-electron chi connectivity index (χ2n) is 1.15. The van der Waals surface area contributed by atoms with E-state index >= 15 is 0 Å². The first-order valence-corrected chi connectivity index (χ1v) is 5.54. The molecule has 66 valence electrons. The van der Waals surface area contributed by atoms with Crippen LogP contribution in [0.3, 0.4) is 0 Å². The van der Waals surface area contributed by atoms with Gasteiger partial charge in [-0.15, -0.1) is 0 Å². The third-order valence-electron chi connectivity index (χ3n) is 0.667. The molecule has 1 rings (SSSR count). The van der Waals surface area contributed by atoms with E-state index in [0.29, 0.717) is 0 Å². The molecule has 0 amide bonds. The van der Waals surface area contributed by atoms with Crippen LogP contribution in [0.5, 0.6) is 0 Å². The SMILES string of the molecule is CC.CI.[CH3-].[K+].c1ccccc1. The van der Waals surface area contributed by atoms with Gasteiger partial charge in [0, 0.05) is 0 Å². The molecule has 0 aliphatic carbocycles. The second-order valence-corrected chi connectivity index (χ2v) is 1.15. The predicted molar refractivity (Wildman–Crippen MR) is 64.1 cm³/mol. The van der Waals surface area contributed by atoms with Gasteiger partial charge in [0.1, 0.15) is 0 Å². The van der Waals surface area contributed by atoms with Crippen LogP contribution in [0.1, 0.15) is 13.8 Å². The minimum absolute atomic E-state index is 0. The van der Waals surface area contributed by atoms with Crippen molar-refractivity contribution in [3.63, 3.8) is 0 Å². The molecule has 0 saturated carbocycles. The summed E-state index contributed by atoms with van der Waals surface area (Å²) < 4.78 is 0. The zero-order valence-electron chi connectivity index (χ0n) is 8.84. The molecule has 0 spiro atoms. The van der Waals surface area contributed by atoms with Gasteiger partial charge < -0.3 is 7.43 Å². The van der Waals surface area contributed by atoms with Crippen molar-refractivity contribution >= 4 is 22.6 Å². The van der Waals surface area contributed by atoms with Gasteiger partial charge in [0.15, 0.2) is 0 Å². The summed E-state index contributed by atoms with van der Waals surface area (Å²) in [5.74, 6) is 0. The van der Waals surface area contributed by atoms with Crippen molar-refractivity contribution in [2.45, 2.75) is 13.8 Å². The summed E-state index contributed by atoms with van der Waals surface area (Å²) in [6.45, 7) is 4.00. The quantitative estimate of drug-likeness (QED) is 0.293. The van der Waals surface area contributed by atoms with Gasteiger partial charge in [0.05, 0.1) is 0 Å². The standard InChI is InChI=1S/C6H6.C2H6.CH3I.CH3.K/c1-2-4-6-5-3-1;2*1-2;;/h1-6H;1-2H3;1H3;1H3;/q;;;-1;+1. The number of hydrogen-bond donors (Lipinski definition) is 0. The molecule has 0 radical (unpaired) electrons. The topological polar surface area (TPSA) is 0 Å². The third-order valence-corrected chi connectivity index (χ3v) is 0.667. The summed E-state index contributed by atoms with van der Waals surface area (Å²) in [5, 5.41) is 0. The average Bonchev–Trinajstić information content (AvgIpc) is 2.14. The van der Waals surface area contributed by atoms with Gasteiger partial charge in [0.25, 0.3) is 0 Å². The molecule has 0 N–H and O–H groups in total. The second kappa shape index (κ2) is 29.4. The Morgan fingerprint density at radius 1 is 0.667 bits per heavy atom. The Bertz CT molecular complexity index is 81.8. The van der Waals surface area contributed by atoms with Crippen molar-refractivity contribution in [3.05, 3.63) is 43.8 Å². The third kappa shape index (κ3) is 22.6. The van der Waals surface area contributed by atoms with E-state index in [1.54, 1.807) is 0 Å². The zero-order chi connectivity index (χ0) is 8.24. The fourth-order valence-electron chi connectivity index (χ4n) is 0.385. The van der Waals surface area contributed by atoms with Crippen LogP contribution in [0.2, 0.25) is 0 Å². The molecule has 0 atom stereocenters. The Hall–Kier alpha value is 1.59. The maximum Gasteiger partial charge on any atom is 1.00 e. The molecular weight excluding hydrogens is 286 g/mol. The molecule has 12 heavy (non-hydrogen) atoms. The molecule has 0 aromatic heterocycles. The molecule has 0 fully saturated rings. The summed E-state index contributed by atoms with van der Waals surface area (Å²) in [5.41, 5.74) is 0. The van der Waals surface area contributed by atoms with E-state index in [-0.39, 0.29) is 58.8 Å². The zero-order valence-corrected chi connectivity index (χ0v) is 14.1. The minimum atomic E-state index is 0. The molecule has 0 bridgehead atoms. The minimum Gasteiger partial charge on any atom is -0.358 e. The summed E-state index contributed by atoms with van der Waals surface area (Å²) in [7, 11) is 0. The van der Waals surface area contributed by atoms with Crippen LogP contribution in [0.15, 0.2) is 36.4 Å². The summed E-state index contributed by atoms with van der Waals surface area (Å²) in [4.78, 5) is 1.97. The Labute approximate surface area is 134 Å². The van der Waals surface area contributed by atoms with Crippen molar-refractivity contribution in [2.75, 3.05) is 4.93 Å². The maximum absolute atomic E-state index is 2.15. The van der Waals surface area contributed by atoms with Crippen LogP contribution < -0.4 is 51.4 Å². The van der Waals surface area contributed by atoms with Gasteiger partial charge in [-0.05, 0) is 4.93 Å². The first kappa shape index (κ1) is 23.4. The average molecular weight is 304 g/mol. The van der Waals surface area contributed by atoms with Crippen molar-refractivity contribution in [2.24, 2.45) is 0 Å². The Kier molecular flexibility index (Phi) is 57.3. The summed E-state index contributed by atoms with van der Waals surface area (Å²) in [6, 6.07) is 12.0. The van der Waals surface area contributed by atoms with E-state index in [9.17, 15) is 0 Å². The number of benzene rings is 1. The van der Waals surface area contributed by atoms with Crippen LogP contribution in [0, 0.1) is 7.43 Å². The molecule has 0 aliphatic heterocycles.